The van der Waals surface area contributed by atoms with Gasteiger partial charge in [0.1, 0.15) is 0 Å². The first-order chi connectivity index (χ1) is 7.27. The molecule has 0 spiro atoms. The standard InChI is InChI=1S/C9H13N3O3/c1-14-9(13)7-5-11-6-8(12-7)15-4-2-3-10/h5-6H,2-4,10H2,1H3. The third-order valence-electron chi connectivity index (χ3n) is 1.61. The third kappa shape index (κ3) is 3.51. The first kappa shape index (κ1) is 11.4. The van der Waals surface area contributed by atoms with Crippen molar-refractivity contribution in [3.8, 4) is 5.88 Å². The number of carbonyl (C=O) groups is 1. The normalized spacial score (nSPS) is 9.73. The minimum Gasteiger partial charge on any atom is -0.477 e. The number of nitrogens with zero attached hydrogens (tertiary/aromatic N) is 2. The lowest BCUT2D eigenvalue weighted by Crippen LogP contribution is -2.09. The summed E-state index contributed by atoms with van der Waals surface area (Å²) in [5.41, 5.74) is 5.43. The Labute approximate surface area is 87.4 Å². The smallest absolute Gasteiger partial charge is 0.358 e. The lowest BCUT2D eigenvalue weighted by Gasteiger charge is -2.04. The highest BCUT2D eigenvalue weighted by atomic mass is 16.5. The summed E-state index contributed by atoms with van der Waals surface area (Å²) >= 11 is 0. The summed E-state index contributed by atoms with van der Waals surface area (Å²) in [6, 6.07) is 0. The molecule has 0 aliphatic heterocycles. The molecule has 0 aliphatic rings. The Hall–Kier alpha value is -1.69. The third-order valence-corrected chi connectivity index (χ3v) is 1.61. The van der Waals surface area contributed by atoms with Gasteiger partial charge in [-0.3, -0.25) is 4.98 Å². The van der Waals surface area contributed by atoms with Crippen LogP contribution in [-0.2, 0) is 4.74 Å². The Morgan fingerprint density at radius 2 is 2.33 bits per heavy atom. The molecule has 0 radical (unpaired) electrons. The molecule has 0 amide bonds. The van der Waals surface area contributed by atoms with Crippen LogP contribution in [-0.4, -0.2) is 36.2 Å². The number of methoxy groups -OCH3 is 1. The average Bonchev–Trinajstić information content (AvgIpc) is 2.29. The minimum atomic E-state index is -0.535. The van der Waals surface area contributed by atoms with Crippen molar-refractivity contribution in [2.45, 2.75) is 6.42 Å². The number of hydrogen-bond donors (Lipinski definition) is 1. The zero-order chi connectivity index (χ0) is 11.1. The maximum Gasteiger partial charge on any atom is 0.358 e. The van der Waals surface area contributed by atoms with Gasteiger partial charge in [0.2, 0.25) is 5.88 Å². The molecular weight excluding hydrogens is 198 g/mol. The molecule has 0 fully saturated rings. The van der Waals surface area contributed by atoms with Crippen molar-refractivity contribution in [3.05, 3.63) is 18.1 Å². The van der Waals surface area contributed by atoms with E-state index in [0.29, 0.717) is 19.0 Å². The van der Waals surface area contributed by atoms with Crippen LogP contribution in [0.3, 0.4) is 0 Å². The van der Waals surface area contributed by atoms with Crippen molar-refractivity contribution in [1.29, 1.82) is 0 Å². The quantitative estimate of drug-likeness (QED) is 0.544. The Morgan fingerprint density at radius 1 is 1.53 bits per heavy atom. The van der Waals surface area contributed by atoms with Gasteiger partial charge in [0, 0.05) is 0 Å². The fraction of sp³-hybridized carbons (Fsp3) is 0.444. The summed E-state index contributed by atoms with van der Waals surface area (Å²) in [5, 5.41) is 0. The van der Waals surface area contributed by atoms with E-state index >= 15 is 0 Å². The minimum absolute atomic E-state index is 0.128. The zero-order valence-corrected chi connectivity index (χ0v) is 8.47. The van der Waals surface area contributed by atoms with Gasteiger partial charge in [0.25, 0.3) is 0 Å². The Balaban J connectivity index is 2.62. The van der Waals surface area contributed by atoms with E-state index in [1.54, 1.807) is 0 Å². The van der Waals surface area contributed by atoms with Crippen LogP contribution in [0.5, 0.6) is 5.88 Å². The van der Waals surface area contributed by atoms with E-state index in [9.17, 15) is 4.79 Å². The highest BCUT2D eigenvalue weighted by molar-refractivity contribution is 5.86. The van der Waals surface area contributed by atoms with E-state index in [2.05, 4.69) is 14.7 Å². The first-order valence-corrected chi connectivity index (χ1v) is 4.51. The van der Waals surface area contributed by atoms with Gasteiger partial charge in [0.15, 0.2) is 5.69 Å². The van der Waals surface area contributed by atoms with Crippen LogP contribution in [0, 0.1) is 0 Å². The maximum atomic E-state index is 11.1. The van der Waals surface area contributed by atoms with Crippen molar-refractivity contribution in [2.75, 3.05) is 20.3 Å². The van der Waals surface area contributed by atoms with E-state index in [-0.39, 0.29) is 5.69 Å². The molecule has 1 aromatic heterocycles. The van der Waals surface area contributed by atoms with Crippen molar-refractivity contribution < 1.29 is 14.3 Å². The van der Waals surface area contributed by atoms with Crippen LogP contribution in [0.25, 0.3) is 0 Å². The number of carbonyl (C=O) groups excluding carboxylic acids is 1. The van der Waals surface area contributed by atoms with Crippen molar-refractivity contribution in [2.24, 2.45) is 5.73 Å². The van der Waals surface area contributed by atoms with E-state index in [4.69, 9.17) is 10.5 Å². The number of aromatic nitrogens is 2. The fourth-order valence-electron chi connectivity index (χ4n) is 0.881. The summed E-state index contributed by atoms with van der Waals surface area (Å²) in [5.74, 6) is -0.238. The summed E-state index contributed by atoms with van der Waals surface area (Å²) in [6.07, 6.45) is 3.48. The van der Waals surface area contributed by atoms with Crippen LogP contribution >= 0.6 is 0 Å². The van der Waals surface area contributed by atoms with Gasteiger partial charge in [-0.15, -0.1) is 0 Å². The molecule has 1 aromatic rings. The number of esters is 1. The highest BCUT2D eigenvalue weighted by Crippen LogP contribution is 2.06. The van der Waals surface area contributed by atoms with Crippen LogP contribution in [0.1, 0.15) is 16.9 Å². The van der Waals surface area contributed by atoms with Gasteiger partial charge in [-0.25, -0.2) is 9.78 Å². The van der Waals surface area contributed by atoms with Gasteiger partial charge in [-0.05, 0) is 13.0 Å². The lowest BCUT2D eigenvalue weighted by atomic mass is 10.4. The van der Waals surface area contributed by atoms with E-state index in [1.807, 2.05) is 0 Å². The highest BCUT2D eigenvalue weighted by Gasteiger charge is 2.08. The second-order valence-electron chi connectivity index (χ2n) is 2.72. The molecule has 82 valence electrons. The van der Waals surface area contributed by atoms with E-state index < -0.39 is 5.97 Å². The molecule has 6 heteroatoms. The second kappa shape index (κ2) is 5.92. The van der Waals surface area contributed by atoms with Crippen molar-refractivity contribution >= 4 is 5.97 Å². The molecule has 0 saturated heterocycles. The lowest BCUT2D eigenvalue weighted by molar-refractivity contribution is 0.0592. The van der Waals surface area contributed by atoms with Gasteiger partial charge in [0.05, 0.1) is 26.1 Å². The maximum absolute atomic E-state index is 11.1. The van der Waals surface area contributed by atoms with Crippen LogP contribution in [0.15, 0.2) is 12.4 Å². The molecule has 6 nitrogen and oxygen atoms in total. The summed E-state index contributed by atoms with van der Waals surface area (Å²) < 4.78 is 9.72. The molecule has 1 rings (SSSR count). The summed E-state index contributed by atoms with van der Waals surface area (Å²) in [7, 11) is 1.28. The fourth-order valence-corrected chi connectivity index (χ4v) is 0.881. The predicted octanol–water partition coefficient (Wildman–Crippen LogP) is -0.00920. The summed E-state index contributed by atoms with van der Waals surface area (Å²) in [4.78, 5) is 18.8. The van der Waals surface area contributed by atoms with Crippen molar-refractivity contribution in [1.82, 2.24) is 9.97 Å². The number of hydrogen-bond acceptors (Lipinski definition) is 6. The SMILES string of the molecule is COC(=O)c1cncc(OCCCN)n1. The van der Waals surface area contributed by atoms with Gasteiger partial charge >= 0.3 is 5.97 Å². The Kier molecular flexibility index (Phi) is 4.49. The molecule has 0 aromatic carbocycles. The molecule has 0 saturated carbocycles. The molecular formula is C9H13N3O3. The van der Waals surface area contributed by atoms with Crippen molar-refractivity contribution in [3.63, 3.8) is 0 Å². The van der Waals surface area contributed by atoms with Gasteiger partial charge in [-0.2, -0.15) is 0 Å². The zero-order valence-electron chi connectivity index (χ0n) is 8.47. The largest absolute Gasteiger partial charge is 0.477 e. The second-order valence-corrected chi connectivity index (χ2v) is 2.72. The summed E-state index contributed by atoms with van der Waals surface area (Å²) in [6.45, 7) is 1.000. The van der Waals surface area contributed by atoms with E-state index in [1.165, 1.54) is 19.5 Å². The topological polar surface area (TPSA) is 87.3 Å². The van der Waals surface area contributed by atoms with E-state index in [0.717, 1.165) is 6.42 Å². The molecule has 0 unspecified atom stereocenters. The molecule has 0 bridgehead atoms. The predicted molar refractivity (Wildman–Crippen MR) is 52.5 cm³/mol. The molecule has 0 atom stereocenters. The van der Waals surface area contributed by atoms with Gasteiger partial charge in [-0.1, -0.05) is 0 Å². The molecule has 1 heterocycles. The van der Waals surface area contributed by atoms with Crippen LogP contribution in [0.2, 0.25) is 0 Å². The Bertz CT molecular complexity index is 330. The first-order valence-electron chi connectivity index (χ1n) is 4.51. The van der Waals surface area contributed by atoms with Gasteiger partial charge < -0.3 is 15.2 Å². The molecule has 0 aliphatic carbocycles. The number of rotatable bonds is 5. The van der Waals surface area contributed by atoms with Crippen LogP contribution in [0.4, 0.5) is 0 Å². The Morgan fingerprint density at radius 3 is 3.00 bits per heavy atom. The molecule has 15 heavy (non-hydrogen) atoms. The number of nitrogens with two attached hydrogens (primary N) is 1. The number of ether oxygens (including phenoxy) is 2. The average molecular weight is 211 g/mol. The van der Waals surface area contributed by atoms with Crippen LogP contribution < -0.4 is 10.5 Å². The molecule has 2 N–H and O–H groups in total. The monoisotopic (exact) mass is 211 g/mol.